The number of aryl methyl sites for hydroxylation is 1. The zero-order valence-electron chi connectivity index (χ0n) is 10.5. The number of nitrogens with zero attached hydrogens (tertiary/aromatic N) is 2. The van der Waals surface area contributed by atoms with E-state index >= 15 is 0 Å². The molecule has 3 rings (SSSR count). The van der Waals surface area contributed by atoms with E-state index in [1.54, 1.807) is 11.3 Å². The van der Waals surface area contributed by atoms with Crippen LogP contribution in [0.3, 0.4) is 0 Å². The minimum atomic E-state index is -0.161. The highest BCUT2D eigenvalue weighted by Gasteiger charge is 2.18. The lowest BCUT2D eigenvalue weighted by atomic mass is 10.2. The first-order valence-corrected chi connectivity index (χ1v) is 7.82. The van der Waals surface area contributed by atoms with Gasteiger partial charge in [-0.3, -0.25) is 0 Å². The molecule has 0 saturated carbocycles. The zero-order valence-corrected chi connectivity index (χ0v) is 12.9. The van der Waals surface area contributed by atoms with Gasteiger partial charge in [0.1, 0.15) is 5.82 Å². The fourth-order valence-electron chi connectivity index (χ4n) is 2.29. The first-order chi connectivity index (χ1) is 9.20. The topological polar surface area (TPSA) is 43.8 Å². The van der Waals surface area contributed by atoms with Crippen LogP contribution in [0.5, 0.6) is 0 Å². The number of hydrogen-bond acceptors (Lipinski definition) is 3. The highest BCUT2D eigenvalue weighted by Crippen LogP contribution is 2.28. The quantitative estimate of drug-likeness (QED) is 0.788. The predicted molar refractivity (Wildman–Crippen MR) is 83.5 cm³/mol. The Morgan fingerprint density at radius 1 is 1.42 bits per heavy atom. The minimum absolute atomic E-state index is 0.161. The normalized spacial score (nSPS) is 13.0. The van der Waals surface area contributed by atoms with Gasteiger partial charge in [0.05, 0.1) is 17.1 Å². The van der Waals surface area contributed by atoms with Gasteiger partial charge in [-0.15, -0.1) is 11.3 Å². The van der Waals surface area contributed by atoms with E-state index in [4.69, 9.17) is 10.7 Å². The molecule has 0 radical (unpaired) electrons. The van der Waals surface area contributed by atoms with Crippen LogP contribution in [0.25, 0.3) is 11.0 Å². The molecule has 19 heavy (non-hydrogen) atoms. The van der Waals surface area contributed by atoms with Crippen LogP contribution in [0, 0.1) is 0 Å². The summed E-state index contributed by atoms with van der Waals surface area (Å²) in [7, 11) is 0. The number of thiophene rings is 1. The molecule has 2 heterocycles. The van der Waals surface area contributed by atoms with Gasteiger partial charge in [0.15, 0.2) is 0 Å². The van der Waals surface area contributed by atoms with Crippen LogP contribution in [0.2, 0.25) is 0 Å². The highest BCUT2D eigenvalue weighted by molar-refractivity contribution is 9.10. The summed E-state index contributed by atoms with van der Waals surface area (Å²) >= 11 is 5.16. The van der Waals surface area contributed by atoms with Crippen molar-refractivity contribution >= 4 is 38.3 Å². The number of rotatable bonds is 3. The van der Waals surface area contributed by atoms with Gasteiger partial charge in [0, 0.05) is 15.9 Å². The predicted octanol–water partition coefficient (Wildman–Crippen LogP) is 3.93. The van der Waals surface area contributed by atoms with Crippen molar-refractivity contribution in [3.8, 4) is 0 Å². The lowest BCUT2D eigenvalue weighted by Gasteiger charge is -2.11. The number of aromatic nitrogens is 2. The van der Waals surface area contributed by atoms with Crippen molar-refractivity contribution in [3.63, 3.8) is 0 Å². The number of halogens is 1. The Bertz CT molecular complexity index is 703. The van der Waals surface area contributed by atoms with Crippen LogP contribution >= 0.6 is 27.3 Å². The summed E-state index contributed by atoms with van der Waals surface area (Å²) in [6.07, 6.45) is 0. The van der Waals surface area contributed by atoms with E-state index in [1.165, 1.54) is 0 Å². The molecule has 3 aromatic rings. The minimum Gasteiger partial charge on any atom is -0.327 e. The number of imidazole rings is 1. The lowest BCUT2D eigenvalue weighted by Crippen LogP contribution is -2.16. The molecule has 5 heteroatoms. The largest absolute Gasteiger partial charge is 0.327 e. The first kappa shape index (κ1) is 12.8. The average Bonchev–Trinajstić information content (AvgIpc) is 3.04. The Morgan fingerprint density at radius 2 is 2.26 bits per heavy atom. The molecule has 0 saturated heterocycles. The van der Waals surface area contributed by atoms with E-state index in [-0.39, 0.29) is 6.04 Å². The van der Waals surface area contributed by atoms with Gasteiger partial charge in [0.25, 0.3) is 0 Å². The second kappa shape index (κ2) is 5.07. The molecular weight excluding hydrogens is 322 g/mol. The maximum Gasteiger partial charge on any atom is 0.132 e. The molecule has 2 aromatic heterocycles. The van der Waals surface area contributed by atoms with Crippen molar-refractivity contribution in [1.29, 1.82) is 0 Å². The summed E-state index contributed by atoms with van der Waals surface area (Å²) in [6, 6.07) is 10.1. The third-order valence-corrected chi connectivity index (χ3v) is 4.63. The molecular formula is C14H14BrN3S. The molecule has 2 N–H and O–H groups in total. The van der Waals surface area contributed by atoms with E-state index < -0.39 is 0 Å². The second-order valence-corrected chi connectivity index (χ2v) is 6.24. The summed E-state index contributed by atoms with van der Waals surface area (Å²) < 4.78 is 3.23. The van der Waals surface area contributed by atoms with Crippen LogP contribution in [-0.2, 0) is 6.54 Å². The van der Waals surface area contributed by atoms with Crippen molar-refractivity contribution in [1.82, 2.24) is 9.55 Å². The van der Waals surface area contributed by atoms with Gasteiger partial charge in [-0.05, 0) is 36.6 Å². The Labute approximate surface area is 124 Å². The molecule has 0 aliphatic rings. The van der Waals surface area contributed by atoms with Gasteiger partial charge >= 0.3 is 0 Å². The Kier molecular flexibility index (Phi) is 3.43. The summed E-state index contributed by atoms with van der Waals surface area (Å²) in [5.41, 5.74) is 8.47. The van der Waals surface area contributed by atoms with Crippen molar-refractivity contribution in [2.45, 2.75) is 19.5 Å². The second-order valence-electron chi connectivity index (χ2n) is 4.34. The third-order valence-electron chi connectivity index (χ3n) is 3.18. The lowest BCUT2D eigenvalue weighted by molar-refractivity contribution is 0.677. The van der Waals surface area contributed by atoms with E-state index in [9.17, 15) is 0 Å². The van der Waals surface area contributed by atoms with E-state index in [0.29, 0.717) is 0 Å². The highest BCUT2D eigenvalue weighted by atomic mass is 79.9. The third kappa shape index (κ3) is 2.22. The fourth-order valence-corrected chi connectivity index (χ4v) is 3.36. The molecule has 98 valence electrons. The van der Waals surface area contributed by atoms with E-state index in [1.807, 2.05) is 23.6 Å². The standard InChI is InChI=1S/C14H14BrN3S/c1-2-18-11-6-5-9(15)8-10(11)17-14(18)13(16)12-4-3-7-19-12/h3-8,13H,2,16H2,1H3. The van der Waals surface area contributed by atoms with Crippen LogP contribution in [0.4, 0.5) is 0 Å². The summed E-state index contributed by atoms with van der Waals surface area (Å²) in [6.45, 7) is 2.99. The van der Waals surface area contributed by atoms with Crippen LogP contribution < -0.4 is 5.73 Å². The van der Waals surface area contributed by atoms with Gasteiger partial charge in [-0.2, -0.15) is 0 Å². The van der Waals surface area contributed by atoms with Gasteiger partial charge in [0.2, 0.25) is 0 Å². The van der Waals surface area contributed by atoms with Crippen molar-refractivity contribution in [2.75, 3.05) is 0 Å². The van der Waals surface area contributed by atoms with E-state index in [2.05, 4.69) is 39.6 Å². The van der Waals surface area contributed by atoms with Crippen LogP contribution in [-0.4, -0.2) is 9.55 Å². The molecule has 0 bridgehead atoms. The maximum atomic E-state index is 6.35. The molecule has 0 amide bonds. The Balaban J connectivity index is 2.17. The molecule has 3 nitrogen and oxygen atoms in total. The van der Waals surface area contributed by atoms with Crippen molar-refractivity contribution < 1.29 is 0 Å². The summed E-state index contributed by atoms with van der Waals surface area (Å²) in [5.74, 6) is 0.929. The molecule has 0 spiro atoms. The smallest absolute Gasteiger partial charge is 0.132 e. The monoisotopic (exact) mass is 335 g/mol. The summed E-state index contributed by atoms with van der Waals surface area (Å²) in [5, 5.41) is 2.05. The van der Waals surface area contributed by atoms with Crippen molar-refractivity contribution in [3.05, 3.63) is 50.9 Å². The molecule has 0 aliphatic carbocycles. The number of fused-ring (bicyclic) bond motifs is 1. The molecule has 1 aromatic carbocycles. The van der Waals surface area contributed by atoms with E-state index in [0.717, 1.165) is 32.8 Å². The Hall–Kier alpha value is -1.17. The number of benzene rings is 1. The average molecular weight is 336 g/mol. The molecule has 1 unspecified atom stereocenters. The SMILES string of the molecule is CCn1c(C(N)c2cccs2)nc2cc(Br)ccc21. The van der Waals surface area contributed by atoms with Crippen LogP contribution in [0.15, 0.2) is 40.2 Å². The van der Waals surface area contributed by atoms with Gasteiger partial charge < -0.3 is 10.3 Å². The van der Waals surface area contributed by atoms with Crippen LogP contribution in [0.1, 0.15) is 23.7 Å². The molecule has 0 fully saturated rings. The zero-order chi connectivity index (χ0) is 13.4. The fraction of sp³-hybridized carbons (Fsp3) is 0.214. The first-order valence-electron chi connectivity index (χ1n) is 6.15. The number of nitrogens with two attached hydrogens (primary N) is 1. The van der Waals surface area contributed by atoms with Gasteiger partial charge in [-0.1, -0.05) is 22.0 Å². The number of hydrogen-bond donors (Lipinski definition) is 1. The maximum absolute atomic E-state index is 6.35. The van der Waals surface area contributed by atoms with Gasteiger partial charge in [-0.25, -0.2) is 4.98 Å². The molecule has 1 atom stereocenters. The summed E-state index contributed by atoms with van der Waals surface area (Å²) in [4.78, 5) is 5.86. The van der Waals surface area contributed by atoms with Crippen molar-refractivity contribution in [2.24, 2.45) is 5.73 Å². The Morgan fingerprint density at radius 3 is 2.95 bits per heavy atom. The molecule has 0 aliphatic heterocycles.